The van der Waals surface area contributed by atoms with Crippen LogP contribution in [0.2, 0.25) is 0 Å². The zero-order valence-corrected chi connectivity index (χ0v) is 7.97. The van der Waals surface area contributed by atoms with E-state index in [1.54, 1.807) is 12.1 Å². The molecule has 1 atom stereocenters. The lowest BCUT2D eigenvalue weighted by molar-refractivity contribution is 0.166. The van der Waals surface area contributed by atoms with E-state index in [1.807, 2.05) is 0 Å². The number of hydrogen-bond acceptors (Lipinski definition) is 1. The summed E-state index contributed by atoms with van der Waals surface area (Å²) in [6.07, 6.45) is 0.709. The Bertz CT molecular complexity index is 265. The van der Waals surface area contributed by atoms with Gasteiger partial charge in [-0.25, -0.2) is 4.39 Å². The molecule has 0 saturated carbocycles. The molecule has 0 radical (unpaired) electrons. The van der Waals surface area contributed by atoms with Crippen LogP contribution in [-0.4, -0.2) is 11.0 Å². The van der Waals surface area contributed by atoms with E-state index >= 15 is 0 Å². The summed E-state index contributed by atoms with van der Waals surface area (Å²) in [5, 5.41) is 9.55. The van der Waals surface area contributed by atoms with E-state index < -0.39 is 6.10 Å². The van der Waals surface area contributed by atoms with E-state index in [-0.39, 0.29) is 5.82 Å². The van der Waals surface area contributed by atoms with Crippen LogP contribution in [0.1, 0.15) is 24.5 Å². The van der Waals surface area contributed by atoms with Gasteiger partial charge < -0.3 is 5.11 Å². The van der Waals surface area contributed by atoms with Crippen LogP contribution in [0.4, 0.5) is 4.39 Å². The van der Waals surface area contributed by atoms with Crippen molar-refractivity contribution in [1.29, 1.82) is 0 Å². The van der Waals surface area contributed by atoms with Crippen LogP contribution >= 0.6 is 11.6 Å². The van der Waals surface area contributed by atoms with Gasteiger partial charge in [0.25, 0.3) is 0 Å². The summed E-state index contributed by atoms with van der Waals surface area (Å²) in [5.74, 6) is 0.203. The van der Waals surface area contributed by atoms with Crippen LogP contribution in [0.15, 0.2) is 24.3 Å². The molecule has 1 nitrogen and oxygen atoms in total. The van der Waals surface area contributed by atoms with Crippen molar-refractivity contribution in [2.45, 2.75) is 18.9 Å². The van der Waals surface area contributed by atoms with Gasteiger partial charge in [-0.15, -0.1) is 11.6 Å². The average Bonchev–Trinajstić information content (AvgIpc) is 2.14. The largest absolute Gasteiger partial charge is 0.388 e. The third-order valence-corrected chi connectivity index (χ3v) is 2.11. The van der Waals surface area contributed by atoms with Crippen molar-refractivity contribution in [3.63, 3.8) is 0 Å². The molecule has 1 unspecified atom stereocenters. The maximum atomic E-state index is 12.7. The van der Waals surface area contributed by atoms with Gasteiger partial charge >= 0.3 is 0 Å². The van der Waals surface area contributed by atoms with Crippen LogP contribution in [0, 0.1) is 5.82 Å². The molecule has 0 aliphatic carbocycles. The second-order valence-corrected chi connectivity index (χ2v) is 3.28. The van der Waals surface area contributed by atoms with Gasteiger partial charge in [0.2, 0.25) is 0 Å². The van der Waals surface area contributed by atoms with Crippen LogP contribution in [0.5, 0.6) is 0 Å². The first-order valence-corrected chi connectivity index (χ1v) is 4.77. The Hall–Kier alpha value is -0.600. The maximum absolute atomic E-state index is 12.7. The molecule has 0 spiro atoms. The van der Waals surface area contributed by atoms with Crippen molar-refractivity contribution in [3.05, 3.63) is 35.6 Å². The molecule has 0 aliphatic rings. The lowest BCUT2D eigenvalue weighted by Crippen LogP contribution is -1.98. The van der Waals surface area contributed by atoms with Gasteiger partial charge in [0.05, 0.1) is 6.10 Å². The van der Waals surface area contributed by atoms with Gasteiger partial charge in [0.15, 0.2) is 0 Å². The van der Waals surface area contributed by atoms with Gasteiger partial charge in [-0.2, -0.15) is 0 Å². The molecule has 72 valence electrons. The highest BCUT2D eigenvalue weighted by atomic mass is 35.5. The predicted octanol–water partition coefficient (Wildman–Crippen LogP) is 2.88. The summed E-state index contributed by atoms with van der Waals surface area (Å²) in [4.78, 5) is 0. The van der Waals surface area contributed by atoms with Crippen LogP contribution in [0.3, 0.4) is 0 Å². The predicted molar refractivity (Wildman–Crippen MR) is 51.3 cm³/mol. The Kier molecular flexibility index (Phi) is 4.19. The molecular weight excluding hydrogens is 191 g/mol. The van der Waals surface area contributed by atoms with E-state index in [4.69, 9.17) is 11.6 Å². The zero-order valence-electron chi connectivity index (χ0n) is 7.21. The minimum Gasteiger partial charge on any atom is -0.388 e. The Balaban J connectivity index is 2.60. The molecule has 0 aromatic heterocycles. The van der Waals surface area contributed by atoms with Crippen molar-refractivity contribution in [2.75, 3.05) is 5.88 Å². The second kappa shape index (κ2) is 5.20. The first-order chi connectivity index (χ1) is 6.24. The molecule has 1 N–H and O–H groups in total. The Morgan fingerprint density at radius 1 is 1.46 bits per heavy atom. The molecular formula is C10H12ClFO. The molecule has 0 aliphatic heterocycles. The minimum absolute atomic E-state index is 0.317. The summed E-state index contributed by atoms with van der Waals surface area (Å²) in [6, 6.07) is 6.01. The van der Waals surface area contributed by atoms with Crippen LogP contribution < -0.4 is 0 Å². The number of benzene rings is 1. The maximum Gasteiger partial charge on any atom is 0.123 e. The smallest absolute Gasteiger partial charge is 0.123 e. The van der Waals surface area contributed by atoms with E-state index in [9.17, 15) is 9.50 Å². The molecule has 1 aromatic carbocycles. The number of alkyl halides is 1. The van der Waals surface area contributed by atoms with Crippen molar-refractivity contribution in [2.24, 2.45) is 0 Å². The van der Waals surface area contributed by atoms with Gasteiger partial charge in [-0.3, -0.25) is 0 Å². The first-order valence-electron chi connectivity index (χ1n) is 4.23. The third-order valence-electron chi connectivity index (χ3n) is 1.84. The molecule has 13 heavy (non-hydrogen) atoms. The average molecular weight is 203 g/mol. The minimum atomic E-state index is -0.602. The molecule has 0 heterocycles. The summed E-state index contributed by atoms with van der Waals surface area (Å²) in [7, 11) is 0. The van der Waals surface area contributed by atoms with Gasteiger partial charge in [-0.1, -0.05) is 12.1 Å². The van der Waals surface area contributed by atoms with Crippen molar-refractivity contribution in [3.8, 4) is 0 Å². The van der Waals surface area contributed by atoms with Crippen LogP contribution in [0.25, 0.3) is 0 Å². The molecule has 3 heteroatoms. The highest BCUT2D eigenvalue weighted by Crippen LogP contribution is 2.18. The Morgan fingerprint density at radius 2 is 2.23 bits per heavy atom. The molecule has 0 saturated heterocycles. The molecule has 1 rings (SSSR count). The van der Waals surface area contributed by atoms with Crippen molar-refractivity contribution in [1.82, 2.24) is 0 Å². The van der Waals surface area contributed by atoms with Gasteiger partial charge in [0.1, 0.15) is 5.82 Å². The SMILES string of the molecule is OC(CCCCl)c1cccc(F)c1. The normalized spacial score (nSPS) is 12.8. The fraction of sp³-hybridized carbons (Fsp3) is 0.400. The van der Waals surface area contributed by atoms with Crippen molar-refractivity contribution >= 4 is 11.6 Å². The fourth-order valence-electron chi connectivity index (χ4n) is 1.15. The summed E-state index contributed by atoms with van der Waals surface area (Å²) in [6.45, 7) is 0. The summed E-state index contributed by atoms with van der Waals surface area (Å²) in [5.41, 5.74) is 0.616. The second-order valence-electron chi connectivity index (χ2n) is 2.90. The quantitative estimate of drug-likeness (QED) is 0.745. The lowest BCUT2D eigenvalue weighted by Gasteiger charge is -2.09. The van der Waals surface area contributed by atoms with E-state index in [0.717, 1.165) is 6.42 Å². The fourth-order valence-corrected chi connectivity index (χ4v) is 1.31. The topological polar surface area (TPSA) is 20.2 Å². The number of aliphatic hydroxyl groups excluding tert-OH is 1. The summed E-state index contributed by atoms with van der Waals surface area (Å²) >= 11 is 5.48. The molecule has 0 amide bonds. The van der Waals surface area contributed by atoms with Gasteiger partial charge in [-0.05, 0) is 30.5 Å². The third kappa shape index (κ3) is 3.33. The van der Waals surface area contributed by atoms with E-state index in [1.165, 1.54) is 12.1 Å². The highest BCUT2D eigenvalue weighted by Gasteiger charge is 2.06. The number of halogens is 2. The summed E-state index contributed by atoms with van der Waals surface area (Å²) < 4.78 is 12.7. The molecule has 1 aromatic rings. The first kappa shape index (κ1) is 10.5. The molecule has 0 bridgehead atoms. The van der Waals surface area contributed by atoms with E-state index in [0.29, 0.717) is 17.9 Å². The molecule has 0 fully saturated rings. The van der Waals surface area contributed by atoms with Crippen molar-refractivity contribution < 1.29 is 9.50 Å². The zero-order chi connectivity index (χ0) is 9.68. The standard InChI is InChI=1S/C10H12ClFO/c11-6-2-5-10(13)8-3-1-4-9(12)7-8/h1,3-4,7,10,13H,2,5-6H2. The lowest BCUT2D eigenvalue weighted by atomic mass is 10.1. The van der Waals surface area contributed by atoms with Gasteiger partial charge in [0, 0.05) is 5.88 Å². The Morgan fingerprint density at radius 3 is 2.85 bits per heavy atom. The van der Waals surface area contributed by atoms with Crippen LogP contribution in [-0.2, 0) is 0 Å². The highest BCUT2D eigenvalue weighted by molar-refractivity contribution is 6.17. The Labute approximate surface area is 82.2 Å². The number of rotatable bonds is 4. The number of aliphatic hydroxyl groups is 1. The number of hydrogen-bond donors (Lipinski definition) is 1. The van der Waals surface area contributed by atoms with E-state index in [2.05, 4.69) is 0 Å². The monoisotopic (exact) mass is 202 g/mol.